The number of amides is 1. The third-order valence-corrected chi connectivity index (χ3v) is 2.56. The van der Waals surface area contributed by atoms with Crippen LogP contribution in [-0.2, 0) is 0 Å². The molecule has 7 heteroatoms. The number of nitrogen functional groups attached to an aromatic ring is 1. The summed E-state index contributed by atoms with van der Waals surface area (Å²) >= 11 is 0. The maximum absolute atomic E-state index is 13.6. The van der Waals surface area contributed by atoms with E-state index in [0.29, 0.717) is 0 Å². The van der Waals surface area contributed by atoms with Crippen LogP contribution in [0.1, 0.15) is 10.4 Å². The third-order valence-electron chi connectivity index (χ3n) is 2.56. The fraction of sp³-hybridized carbons (Fsp3) is 0.0714. The summed E-state index contributed by atoms with van der Waals surface area (Å²) in [5.74, 6) is -1.50. The molecule has 0 heterocycles. The first kappa shape index (κ1) is 14.7. The Balaban J connectivity index is 2.16. The van der Waals surface area contributed by atoms with Crippen LogP contribution in [0.5, 0.6) is 5.75 Å². The van der Waals surface area contributed by atoms with Gasteiger partial charge in [-0.15, -0.1) is 0 Å². The smallest absolute Gasteiger partial charge is 0.387 e. The second-order valence-corrected chi connectivity index (χ2v) is 4.10. The van der Waals surface area contributed by atoms with E-state index in [1.807, 2.05) is 0 Å². The Morgan fingerprint density at radius 3 is 2.62 bits per heavy atom. The van der Waals surface area contributed by atoms with Crippen molar-refractivity contribution >= 4 is 17.3 Å². The second kappa shape index (κ2) is 6.17. The topological polar surface area (TPSA) is 64.3 Å². The van der Waals surface area contributed by atoms with Crippen molar-refractivity contribution in [3.05, 3.63) is 53.8 Å². The first-order valence-electron chi connectivity index (χ1n) is 5.87. The van der Waals surface area contributed by atoms with Crippen LogP contribution in [0.4, 0.5) is 24.5 Å². The number of hydrogen-bond donors (Lipinski definition) is 2. The van der Waals surface area contributed by atoms with E-state index >= 15 is 0 Å². The van der Waals surface area contributed by atoms with Crippen LogP contribution in [0.25, 0.3) is 0 Å². The van der Waals surface area contributed by atoms with Crippen LogP contribution < -0.4 is 15.8 Å². The fourth-order valence-corrected chi connectivity index (χ4v) is 1.64. The number of rotatable bonds is 4. The number of halogens is 3. The first-order chi connectivity index (χ1) is 9.95. The summed E-state index contributed by atoms with van der Waals surface area (Å²) in [6.45, 7) is -2.99. The number of hydrogen-bond acceptors (Lipinski definition) is 3. The summed E-state index contributed by atoms with van der Waals surface area (Å²) in [6.07, 6.45) is 0. The second-order valence-electron chi connectivity index (χ2n) is 4.10. The van der Waals surface area contributed by atoms with Crippen LogP contribution in [0.3, 0.4) is 0 Å². The maximum atomic E-state index is 13.6. The Morgan fingerprint density at radius 2 is 1.95 bits per heavy atom. The molecule has 0 saturated heterocycles. The number of anilines is 2. The summed E-state index contributed by atoms with van der Waals surface area (Å²) in [5.41, 5.74) is 5.61. The molecule has 0 bridgehead atoms. The molecule has 0 fully saturated rings. The Morgan fingerprint density at radius 1 is 1.19 bits per heavy atom. The Kier molecular flexibility index (Phi) is 4.32. The van der Waals surface area contributed by atoms with Crippen LogP contribution in [0, 0.1) is 5.82 Å². The van der Waals surface area contributed by atoms with E-state index in [1.165, 1.54) is 30.3 Å². The van der Waals surface area contributed by atoms with Gasteiger partial charge < -0.3 is 15.8 Å². The average Bonchev–Trinajstić information content (AvgIpc) is 2.41. The van der Waals surface area contributed by atoms with Gasteiger partial charge in [-0.05, 0) is 36.4 Å². The number of alkyl halides is 2. The number of nitrogens with two attached hydrogens (primary N) is 1. The zero-order valence-electron chi connectivity index (χ0n) is 10.6. The molecule has 0 radical (unpaired) electrons. The predicted octanol–water partition coefficient (Wildman–Crippen LogP) is 3.26. The monoisotopic (exact) mass is 296 g/mol. The van der Waals surface area contributed by atoms with E-state index < -0.39 is 18.3 Å². The SMILES string of the molecule is Nc1ccc(NC(=O)c2cccc(OC(F)F)c2)c(F)c1. The van der Waals surface area contributed by atoms with Gasteiger partial charge in [0.25, 0.3) is 5.91 Å². The van der Waals surface area contributed by atoms with Gasteiger partial charge in [0.15, 0.2) is 0 Å². The van der Waals surface area contributed by atoms with E-state index in [1.54, 1.807) is 0 Å². The molecular weight excluding hydrogens is 285 g/mol. The molecule has 2 aromatic carbocycles. The van der Waals surface area contributed by atoms with Crippen LogP contribution in [0.2, 0.25) is 0 Å². The normalized spacial score (nSPS) is 10.5. The van der Waals surface area contributed by atoms with E-state index in [-0.39, 0.29) is 22.7 Å². The van der Waals surface area contributed by atoms with Gasteiger partial charge in [0.2, 0.25) is 0 Å². The average molecular weight is 296 g/mol. The van der Waals surface area contributed by atoms with E-state index in [2.05, 4.69) is 10.1 Å². The quantitative estimate of drug-likeness (QED) is 0.851. The van der Waals surface area contributed by atoms with Crippen molar-refractivity contribution in [1.29, 1.82) is 0 Å². The van der Waals surface area contributed by atoms with Gasteiger partial charge in [-0.25, -0.2) is 4.39 Å². The molecule has 2 rings (SSSR count). The van der Waals surface area contributed by atoms with E-state index in [9.17, 15) is 18.0 Å². The molecule has 0 spiro atoms. The number of nitrogens with one attached hydrogen (secondary N) is 1. The Hall–Kier alpha value is -2.70. The molecule has 21 heavy (non-hydrogen) atoms. The maximum Gasteiger partial charge on any atom is 0.387 e. The minimum Gasteiger partial charge on any atom is -0.435 e. The molecule has 0 aliphatic rings. The predicted molar refractivity (Wildman–Crippen MR) is 71.8 cm³/mol. The molecule has 0 saturated carbocycles. The van der Waals surface area contributed by atoms with Gasteiger partial charge in [-0.3, -0.25) is 4.79 Å². The lowest BCUT2D eigenvalue weighted by Crippen LogP contribution is -2.13. The van der Waals surface area contributed by atoms with Crippen LogP contribution in [0.15, 0.2) is 42.5 Å². The lowest BCUT2D eigenvalue weighted by molar-refractivity contribution is -0.0498. The Bertz CT molecular complexity index is 662. The third kappa shape index (κ3) is 3.88. The zero-order valence-corrected chi connectivity index (χ0v) is 10.6. The molecule has 110 valence electrons. The highest BCUT2D eigenvalue weighted by atomic mass is 19.3. The lowest BCUT2D eigenvalue weighted by Gasteiger charge is -2.09. The summed E-state index contributed by atoms with van der Waals surface area (Å²) in [6, 6.07) is 8.99. The van der Waals surface area contributed by atoms with Gasteiger partial charge in [-0.2, -0.15) is 8.78 Å². The largest absolute Gasteiger partial charge is 0.435 e. The van der Waals surface area contributed by atoms with E-state index in [0.717, 1.165) is 12.1 Å². The van der Waals surface area contributed by atoms with Crippen LogP contribution >= 0.6 is 0 Å². The lowest BCUT2D eigenvalue weighted by atomic mass is 10.2. The van der Waals surface area contributed by atoms with Gasteiger partial charge in [-0.1, -0.05) is 6.07 Å². The molecule has 0 aromatic heterocycles. The van der Waals surface area contributed by atoms with Crippen molar-refractivity contribution in [1.82, 2.24) is 0 Å². The van der Waals surface area contributed by atoms with Crippen molar-refractivity contribution in [2.75, 3.05) is 11.1 Å². The molecule has 4 nitrogen and oxygen atoms in total. The molecule has 0 atom stereocenters. The van der Waals surface area contributed by atoms with Gasteiger partial charge >= 0.3 is 6.61 Å². The van der Waals surface area contributed by atoms with Crippen molar-refractivity contribution in [2.45, 2.75) is 6.61 Å². The van der Waals surface area contributed by atoms with Crippen molar-refractivity contribution in [2.24, 2.45) is 0 Å². The van der Waals surface area contributed by atoms with Gasteiger partial charge in [0, 0.05) is 11.3 Å². The molecule has 1 amide bonds. The molecule has 2 aromatic rings. The molecule has 0 unspecified atom stereocenters. The van der Waals surface area contributed by atoms with Crippen molar-refractivity contribution < 1.29 is 22.7 Å². The zero-order chi connectivity index (χ0) is 15.4. The van der Waals surface area contributed by atoms with E-state index in [4.69, 9.17) is 5.73 Å². The number of ether oxygens (including phenoxy) is 1. The summed E-state index contributed by atoms with van der Waals surface area (Å²) < 4.78 is 42.0. The fourth-order valence-electron chi connectivity index (χ4n) is 1.64. The summed E-state index contributed by atoms with van der Waals surface area (Å²) in [4.78, 5) is 11.9. The highest BCUT2D eigenvalue weighted by molar-refractivity contribution is 6.04. The number of carbonyl (C=O) groups is 1. The minimum absolute atomic E-state index is 0.0596. The molecule has 0 aliphatic heterocycles. The van der Waals surface area contributed by atoms with Crippen molar-refractivity contribution in [3.63, 3.8) is 0 Å². The summed E-state index contributed by atoms with van der Waals surface area (Å²) in [5, 5.41) is 2.32. The first-order valence-corrected chi connectivity index (χ1v) is 5.87. The highest BCUT2D eigenvalue weighted by Gasteiger charge is 2.11. The van der Waals surface area contributed by atoms with Gasteiger partial charge in [0.1, 0.15) is 11.6 Å². The standard InChI is InChI=1S/C14H11F3N2O2/c15-11-7-9(18)4-5-12(11)19-13(20)8-2-1-3-10(6-8)21-14(16)17/h1-7,14H,18H2,(H,19,20). The number of carbonyl (C=O) groups excluding carboxylic acids is 1. The highest BCUT2D eigenvalue weighted by Crippen LogP contribution is 2.20. The molecule has 0 aliphatic carbocycles. The number of benzene rings is 2. The summed E-state index contributed by atoms with van der Waals surface area (Å²) in [7, 11) is 0. The van der Waals surface area contributed by atoms with Gasteiger partial charge in [0.05, 0.1) is 5.69 Å². The minimum atomic E-state index is -2.99. The Labute approximate surface area is 118 Å². The van der Waals surface area contributed by atoms with Crippen molar-refractivity contribution in [3.8, 4) is 5.75 Å². The molecule has 3 N–H and O–H groups in total. The molecular formula is C14H11F3N2O2. The van der Waals surface area contributed by atoms with Crippen LogP contribution in [-0.4, -0.2) is 12.5 Å².